The van der Waals surface area contributed by atoms with E-state index in [4.69, 9.17) is 0 Å². The molecule has 2 N–H and O–H groups in total. The maximum atomic E-state index is 12.0. The highest BCUT2D eigenvalue weighted by atomic mass is 127. The van der Waals surface area contributed by atoms with Crippen molar-refractivity contribution in [1.82, 2.24) is 15.4 Å². The van der Waals surface area contributed by atoms with Gasteiger partial charge in [0.05, 0.1) is 5.56 Å². The van der Waals surface area contributed by atoms with E-state index >= 15 is 0 Å². The van der Waals surface area contributed by atoms with E-state index in [1.54, 1.807) is 12.1 Å². The summed E-state index contributed by atoms with van der Waals surface area (Å²) in [6, 6.07) is 17.0. The summed E-state index contributed by atoms with van der Waals surface area (Å²) in [7, 11) is 0. The molecule has 6 heteroatoms. The molecule has 0 fully saturated rings. The van der Waals surface area contributed by atoms with Crippen LogP contribution in [0.2, 0.25) is 0 Å². The number of amides is 2. The van der Waals surface area contributed by atoms with Crippen molar-refractivity contribution in [1.29, 1.82) is 0 Å². The molecule has 0 saturated carbocycles. The molecule has 2 aromatic carbocycles. The summed E-state index contributed by atoms with van der Waals surface area (Å²) >= 11 is 2.08. The number of benzene rings is 2. The highest BCUT2D eigenvalue weighted by molar-refractivity contribution is 14.1. The van der Waals surface area contributed by atoms with Gasteiger partial charge in [-0.15, -0.1) is 0 Å². The monoisotopic (exact) mass is 419 g/mol. The van der Waals surface area contributed by atoms with Crippen LogP contribution in [0.1, 0.15) is 10.4 Å². The summed E-state index contributed by atoms with van der Waals surface area (Å²) in [5.74, 6) is -0.619. The zero-order chi connectivity index (χ0) is 16.2. The lowest BCUT2D eigenvalue weighted by Gasteiger charge is -2.09. The van der Waals surface area contributed by atoms with Crippen LogP contribution in [0.3, 0.4) is 0 Å². The molecule has 0 radical (unpaired) electrons. The van der Waals surface area contributed by atoms with Crippen LogP contribution in [0.15, 0.2) is 60.8 Å². The predicted octanol–water partition coefficient (Wildman–Crippen LogP) is 2.71. The Morgan fingerprint density at radius 3 is 2.52 bits per heavy atom. The maximum Gasteiger partial charge on any atom is 0.270 e. The fourth-order valence-electron chi connectivity index (χ4n) is 2.31. The van der Waals surface area contributed by atoms with Crippen LogP contribution in [-0.2, 0) is 11.3 Å². The molecule has 2 amide bonds. The van der Waals surface area contributed by atoms with Crippen LogP contribution in [0, 0.1) is 3.57 Å². The minimum Gasteiger partial charge on any atom is -0.338 e. The van der Waals surface area contributed by atoms with E-state index in [1.807, 2.05) is 53.2 Å². The van der Waals surface area contributed by atoms with E-state index in [0.717, 1.165) is 14.5 Å². The third kappa shape index (κ3) is 3.53. The Morgan fingerprint density at radius 2 is 1.70 bits per heavy atom. The first-order chi connectivity index (χ1) is 11.1. The van der Waals surface area contributed by atoms with Crippen LogP contribution in [0.4, 0.5) is 0 Å². The van der Waals surface area contributed by atoms with E-state index < -0.39 is 0 Å². The summed E-state index contributed by atoms with van der Waals surface area (Å²) in [4.78, 5) is 24.1. The van der Waals surface area contributed by atoms with E-state index in [2.05, 4.69) is 33.4 Å². The smallest absolute Gasteiger partial charge is 0.270 e. The van der Waals surface area contributed by atoms with Gasteiger partial charge in [-0.25, -0.2) is 0 Å². The molecule has 0 bridgehead atoms. The second-order valence-corrected chi connectivity index (χ2v) is 6.15. The molecule has 0 atom stereocenters. The highest BCUT2D eigenvalue weighted by Gasteiger charge is 2.11. The summed E-state index contributed by atoms with van der Waals surface area (Å²) in [5.41, 5.74) is 6.40. The van der Waals surface area contributed by atoms with Crippen molar-refractivity contribution >= 4 is 45.3 Å². The van der Waals surface area contributed by atoms with Crippen LogP contribution >= 0.6 is 22.6 Å². The van der Waals surface area contributed by atoms with Gasteiger partial charge < -0.3 is 4.57 Å². The van der Waals surface area contributed by atoms with E-state index in [0.29, 0.717) is 5.56 Å². The number of nitrogens with zero attached hydrogens (tertiary/aromatic N) is 1. The first-order valence-electron chi connectivity index (χ1n) is 7.03. The van der Waals surface area contributed by atoms with Gasteiger partial charge in [0.25, 0.3) is 11.8 Å². The Morgan fingerprint density at radius 1 is 0.957 bits per heavy atom. The Kier molecular flexibility index (Phi) is 4.61. The molecule has 1 aromatic heterocycles. The Labute approximate surface area is 146 Å². The average molecular weight is 419 g/mol. The lowest BCUT2D eigenvalue weighted by Crippen LogP contribution is -2.43. The lowest BCUT2D eigenvalue weighted by molar-refractivity contribution is -0.122. The minimum atomic E-state index is -0.333. The fourth-order valence-corrected chi connectivity index (χ4v) is 2.94. The summed E-state index contributed by atoms with van der Waals surface area (Å²) in [6.07, 6.45) is 1.85. The standard InChI is InChI=1S/C17H14IN3O2/c18-14-7-3-2-6-13(14)17(23)20-19-16(22)11-21-10-9-12-5-1-4-8-15(12)21/h1-10H,11H2,(H,19,22)(H,20,23). The van der Waals surface area contributed by atoms with E-state index in [1.165, 1.54) is 0 Å². The van der Waals surface area contributed by atoms with Crippen molar-refractivity contribution in [2.45, 2.75) is 6.54 Å². The molecule has 0 unspecified atom stereocenters. The van der Waals surface area contributed by atoms with Crippen molar-refractivity contribution < 1.29 is 9.59 Å². The van der Waals surface area contributed by atoms with Crippen LogP contribution in [0.25, 0.3) is 10.9 Å². The molecular formula is C17H14IN3O2. The molecule has 0 aliphatic rings. The van der Waals surface area contributed by atoms with Gasteiger partial charge in [-0.2, -0.15) is 0 Å². The number of hydrogen-bond acceptors (Lipinski definition) is 2. The van der Waals surface area contributed by atoms with Crippen molar-refractivity contribution in [2.24, 2.45) is 0 Å². The van der Waals surface area contributed by atoms with Gasteiger partial charge in [0.1, 0.15) is 6.54 Å². The number of aromatic nitrogens is 1. The van der Waals surface area contributed by atoms with Crippen molar-refractivity contribution in [3.05, 3.63) is 69.9 Å². The number of halogens is 1. The predicted molar refractivity (Wildman–Crippen MR) is 96.7 cm³/mol. The lowest BCUT2D eigenvalue weighted by atomic mass is 10.2. The molecule has 116 valence electrons. The maximum absolute atomic E-state index is 12.0. The molecule has 0 saturated heterocycles. The van der Waals surface area contributed by atoms with Gasteiger partial charge >= 0.3 is 0 Å². The number of carbonyl (C=O) groups is 2. The Balaban J connectivity index is 1.62. The first-order valence-corrected chi connectivity index (χ1v) is 8.10. The molecule has 5 nitrogen and oxygen atoms in total. The van der Waals surface area contributed by atoms with Crippen molar-refractivity contribution in [2.75, 3.05) is 0 Å². The number of fused-ring (bicyclic) bond motifs is 1. The summed E-state index contributed by atoms with van der Waals surface area (Å²) < 4.78 is 2.66. The SMILES string of the molecule is O=C(Cn1ccc2ccccc21)NNC(=O)c1ccccc1I. The number of carbonyl (C=O) groups excluding carboxylic acids is 2. The number of rotatable bonds is 3. The second kappa shape index (κ2) is 6.82. The third-order valence-corrected chi connectivity index (χ3v) is 4.37. The minimum absolute atomic E-state index is 0.139. The second-order valence-electron chi connectivity index (χ2n) is 4.98. The first kappa shape index (κ1) is 15.5. The van der Waals surface area contributed by atoms with E-state index in [9.17, 15) is 9.59 Å². The number of hydrogen-bond donors (Lipinski definition) is 2. The molecule has 0 aliphatic carbocycles. The number of para-hydroxylation sites is 1. The summed E-state index contributed by atoms with van der Waals surface area (Å²) in [5, 5.41) is 1.07. The molecule has 0 spiro atoms. The normalized spacial score (nSPS) is 10.5. The largest absolute Gasteiger partial charge is 0.338 e. The molecule has 0 aliphatic heterocycles. The Hall–Kier alpha value is -2.35. The van der Waals surface area contributed by atoms with Gasteiger partial charge in [0.2, 0.25) is 0 Å². The van der Waals surface area contributed by atoms with Gasteiger partial charge in [0.15, 0.2) is 0 Å². The van der Waals surface area contributed by atoms with Crippen molar-refractivity contribution in [3.8, 4) is 0 Å². The zero-order valence-corrected chi connectivity index (χ0v) is 14.3. The van der Waals surface area contributed by atoms with Gasteiger partial charge in [0, 0.05) is 15.3 Å². The third-order valence-electron chi connectivity index (χ3n) is 3.43. The van der Waals surface area contributed by atoms with Crippen molar-refractivity contribution in [3.63, 3.8) is 0 Å². The molecule has 3 rings (SSSR count). The topological polar surface area (TPSA) is 63.1 Å². The van der Waals surface area contributed by atoms with Gasteiger partial charge in [-0.3, -0.25) is 20.4 Å². The van der Waals surface area contributed by atoms with Gasteiger partial charge in [-0.05, 0) is 52.2 Å². The van der Waals surface area contributed by atoms with Crippen LogP contribution in [-0.4, -0.2) is 16.4 Å². The molecule has 1 heterocycles. The molecule has 23 heavy (non-hydrogen) atoms. The zero-order valence-electron chi connectivity index (χ0n) is 12.1. The Bertz CT molecular complexity index is 873. The van der Waals surface area contributed by atoms with Crippen LogP contribution < -0.4 is 10.9 Å². The van der Waals surface area contributed by atoms with Crippen LogP contribution in [0.5, 0.6) is 0 Å². The molecular weight excluding hydrogens is 405 g/mol. The molecule has 3 aromatic rings. The quantitative estimate of drug-likeness (QED) is 0.507. The average Bonchev–Trinajstić information content (AvgIpc) is 2.96. The number of nitrogens with one attached hydrogen (secondary N) is 2. The van der Waals surface area contributed by atoms with E-state index in [-0.39, 0.29) is 18.4 Å². The summed E-state index contributed by atoms with van der Waals surface area (Å²) in [6.45, 7) is 0.139. The fraction of sp³-hybridized carbons (Fsp3) is 0.0588. The number of hydrazine groups is 1. The highest BCUT2D eigenvalue weighted by Crippen LogP contribution is 2.14. The van der Waals surface area contributed by atoms with Gasteiger partial charge in [-0.1, -0.05) is 30.3 Å².